The fourth-order valence-electron chi connectivity index (χ4n) is 1.74. The monoisotopic (exact) mass is 208 g/mol. The van der Waals surface area contributed by atoms with Crippen LogP contribution in [0.5, 0.6) is 0 Å². The Morgan fingerprint density at radius 1 is 1.40 bits per heavy atom. The third-order valence-corrected chi connectivity index (χ3v) is 2.60. The second-order valence-electron chi connectivity index (χ2n) is 3.73. The van der Waals surface area contributed by atoms with Gasteiger partial charge in [0.15, 0.2) is 0 Å². The highest BCUT2D eigenvalue weighted by atomic mass is 16.2. The topological polar surface area (TPSA) is 50.2 Å². The number of nitrogens with zero attached hydrogens (tertiary/aromatic N) is 3. The van der Waals surface area contributed by atoms with Crippen molar-refractivity contribution < 1.29 is 4.79 Å². The maximum absolute atomic E-state index is 11.6. The number of likely N-dealkylation sites (tertiary alicyclic amines) is 1. The standard InChI is InChI=1S/C10H16N4O/c15-10(14-5-1-2-6-14)12-4-8-13-7-3-11-9-13/h3,7,9H,1-2,4-6,8H2,(H,12,15). The maximum Gasteiger partial charge on any atom is 0.317 e. The Hall–Kier alpha value is -1.52. The second-order valence-corrected chi connectivity index (χ2v) is 3.73. The minimum atomic E-state index is 0.0626. The van der Waals surface area contributed by atoms with Crippen molar-refractivity contribution in [2.45, 2.75) is 19.4 Å². The number of hydrogen-bond acceptors (Lipinski definition) is 2. The third-order valence-electron chi connectivity index (χ3n) is 2.60. The first-order valence-corrected chi connectivity index (χ1v) is 5.35. The number of amides is 2. The molecule has 2 rings (SSSR count). The summed E-state index contributed by atoms with van der Waals surface area (Å²) in [5.74, 6) is 0. The molecule has 1 aromatic heterocycles. The van der Waals surface area contributed by atoms with Crippen LogP contribution in [-0.2, 0) is 6.54 Å². The average Bonchev–Trinajstić information content (AvgIpc) is 2.90. The molecule has 0 aliphatic carbocycles. The van der Waals surface area contributed by atoms with Crippen LogP contribution in [0.1, 0.15) is 12.8 Å². The van der Waals surface area contributed by atoms with Crippen LogP contribution in [-0.4, -0.2) is 40.1 Å². The van der Waals surface area contributed by atoms with Crippen molar-refractivity contribution in [3.05, 3.63) is 18.7 Å². The molecule has 2 heterocycles. The molecule has 1 aromatic rings. The van der Waals surface area contributed by atoms with Gasteiger partial charge in [0.25, 0.3) is 0 Å². The number of carbonyl (C=O) groups is 1. The lowest BCUT2D eigenvalue weighted by Crippen LogP contribution is -2.39. The summed E-state index contributed by atoms with van der Waals surface area (Å²) in [6.45, 7) is 3.24. The molecule has 1 aliphatic heterocycles. The molecule has 0 saturated carbocycles. The van der Waals surface area contributed by atoms with Gasteiger partial charge in [0.2, 0.25) is 0 Å². The predicted molar refractivity (Wildman–Crippen MR) is 56.4 cm³/mol. The molecule has 5 heteroatoms. The molecule has 0 unspecified atom stereocenters. The molecule has 0 bridgehead atoms. The number of carbonyl (C=O) groups excluding carboxylic acids is 1. The lowest BCUT2D eigenvalue weighted by molar-refractivity contribution is 0.208. The van der Waals surface area contributed by atoms with Gasteiger partial charge in [-0.1, -0.05) is 0 Å². The fourth-order valence-corrected chi connectivity index (χ4v) is 1.74. The van der Waals surface area contributed by atoms with E-state index in [4.69, 9.17) is 0 Å². The van der Waals surface area contributed by atoms with Crippen molar-refractivity contribution >= 4 is 6.03 Å². The van der Waals surface area contributed by atoms with E-state index in [1.54, 1.807) is 12.5 Å². The Morgan fingerprint density at radius 3 is 2.87 bits per heavy atom. The first kappa shape index (κ1) is 10.0. The molecule has 1 fully saturated rings. The fraction of sp³-hybridized carbons (Fsp3) is 0.600. The van der Waals surface area contributed by atoms with Gasteiger partial charge in [-0.05, 0) is 12.8 Å². The predicted octanol–water partition coefficient (Wildman–Crippen LogP) is 0.688. The summed E-state index contributed by atoms with van der Waals surface area (Å²) in [5.41, 5.74) is 0. The van der Waals surface area contributed by atoms with Crippen LogP contribution in [0, 0.1) is 0 Å². The molecule has 0 aromatic carbocycles. The Labute approximate surface area is 89.1 Å². The van der Waals surface area contributed by atoms with E-state index in [-0.39, 0.29) is 6.03 Å². The molecule has 0 atom stereocenters. The van der Waals surface area contributed by atoms with E-state index >= 15 is 0 Å². The molecule has 1 saturated heterocycles. The van der Waals surface area contributed by atoms with Crippen molar-refractivity contribution in [1.82, 2.24) is 19.8 Å². The molecule has 1 N–H and O–H groups in total. The quantitative estimate of drug-likeness (QED) is 0.794. The van der Waals surface area contributed by atoms with Crippen molar-refractivity contribution in [2.24, 2.45) is 0 Å². The number of nitrogens with one attached hydrogen (secondary N) is 1. The van der Waals surface area contributed by atoms with Gasteiger partial charge in [-0.25, -0.2) is 9.78 Å². The van der Waals surface area contributed by atoms with Gasteiger partial charge in [0, 0.05) is 38.6 Å². The zero-order valence-electron chi connectivity index (χ0n) is 8.72. The van der Waals surface area contributed by atoms with Crippen LogP contribution >= 0.6 is 0 Å². The summed E-state index contributed by atoms with van der Waals surface area (Å²) < 4.78 is 1.95. The van der Waals surface area contributed by atoms with E-state index in [0.29, 0.717) is 6.54 Å². The maximum atomic E-state index is 11.6. The Bertz CT molecular complexity index is 303. The van der Waals surface area contributed by atoms with E-state index in [2.05, 4.69) is 10.3 Å². The number of hydrogen-bond donors (Lipinski definition) is 1. The Balaban J connectivity index is 1.67. The SMILES string of the molecule is O=C(NCCn1ccnc1)N1CCCC1. The first-order valence-electron chi connectivity index (χ1n) is 5.35. The Kier molecular flexibility index (Phi) is 3.22. The molecule has 2 amide bonds. The van der Waals surface area contributed by atoms with Crippen LogP contribution in [0.25, 0.3) is 0 Å². The van der Waals surface area contributed by atoms with Crippen molar-refractivity contribution in [2.75, 3.05) is 19.6 Å². The molecular formula is C10H16N4O. The van der Waals surface area contributed by atoms with Crippen LogP contribution in [0.3, 0.4) is 0 Å². The molecular weight excluding hydrogens is 192 g/mol. The van der Waals surface area contributed by atoms with Crippen LogP contribution in [0.15, 0.2) is 18.7 Å². The van der Waals surface area contributed by atoms with Crippen LogP contribution in [0.2, 0.25) is 0 Å². The van der Waals surface area contributed by atoms with Gasteiger partial charge >= 0.3 is 6.03 Å². The Morgan fingerprint density at radius 2 is 2.20 bits per heavy atom. The summed E-state index contributed by atoms with van der Waals surface area (Å²) >= 11 is 0. The van der Waals surface area contributed by atoms with Gasteiger partial charge in [-0.15, -0.1) is 0 Å². The summed E-state index contributed by atoms with van der Waals surface area (Å²) in [6.07, 6.45) is 7.65. The largest absolute Gasteiger partial charge is 0.336 e. The van der Waals surface area contributed by atoms with Gasteiger partial charge in [0.1, 0.15) is 0 Å². The highest BCUT2D eigenvalue weighted by molar-refractivity contribution is 5.74. The number of rotatable bonds is 3. The molecule has 0 spiro atoms. The van der Waals surface area contributed by atoms with Gasteiger partial charge in [0.05, 0.1) is 6.33 Å². The number of imidazole rings is 1. The van der Waals surface area contributed by atoms with E-state index < -0.39 is 0 Å². The van der Waals surface area contributed by atoms with Crippen LogP contribution < -0.4 is 5.32 Å². The van der Waals surface area contributed by atoms with Gasteiger partial charge in [-0.2, -0.15) is 0 Å². The molecule has 82 valence electrons. The first-order chi connectivity index (χ1) is 7.36. The summed E-state index contributed by atoms with van der Waals surface area (Å²) in [5, 5.41) is 2.90. The highest BCUT2D eigenvalue weighted by Crippen LogP contribution is 2.06. The smallest absolute Gasteiger partial charge is 0.317 e. The van der Waals surface area contributed by atoms with Crippen molar-refractivity contribution in [3.8, 4) is 0 Å². The third kappa shape index (κ3) is 2.71. The highest BCUT2D eigenvalue weighted by Gasteiger charge is 2.16. The summed E-state index contributed by atoms with van der Waals surface area (Å²) in [7, 11) is 0. The second kappa shape index (κ2) is 4.82. The van der Waals surface area contributed by atoms with Gasteiger partial charge < -0.3 is 14.8 Å². The van der Waals surface area contributed by atoms with E-state index in [1.165, 1.54) is 0 Å². The van der Waals surface area contributed by atoms with Gasteiger partial charge in [-0.3, -0.25) is 0 Å². The molecule has 0 radical (unpaired) electrons. The zero-order chi connectivity index (χ0) is 10.5. The minimum Gasteiger partial charge on any atom is -0.336 e. The average molecular weight is 208 g/mol. The molecule has 15 heavy (non-hydrogen) atoms. The lowest BCUT2D eigenvalue weighted by atomic mass is 10.4. The van der Waals surface area contributed by atoms with E-state index in [1.807, 2.05) is 15.7 Å². The molecule has 5 nitrogen and oxygen atoms in total. The summed E-state index contributed by atoms with van der Waals surface area (Å²) in [4.78, 5) is 17.4. The summed E-state index contributed by atoms with van der Waals surface area (Å²) in [6, 6.07) is 0.0626. The number of urea groups is 1. The van der Waals surface area contributed by atoms with Crippen molar-refractivity contribution in [3.63, 3.8) is 0 Å². The lowest BCUT2D eigenvalue weighted by Gasteiger charge is -2.16. The van der Waals surface area contributed by atoms with E-state index in [0.717, 1.165) is 32.5 Å². The number of aromatic nitrogens is 2. The molecule has 1 aliphatic rings. The minimum absolute atomic E-state index is 0.0626. The zero-order valence-corrected chi connectivity index (χ0v) is 8.72. The van der Waals surface area contributed by atoms with Crippen molar-refractivity contribution in [1.29, 1.82) is 0 Å². The van der Waals surface area contributed by atoms with E-state index in [9.17, 15) is 4.79 Å². The normalized spacial score (nSPS) is 15.6. The van der Waals surface area contributed by atoms with Crippen LogP contribution in [0.4, 0.5) is 4.79 Å².